The van der Waals surface area contributed by atoms with Crippen LogP contribution < -0.4 is 0 Å². The fourth-order valence-electron chi connectivity index (χ4n) is 6.90. The molecule has 0 saturated carbocycles. The third-order valence-corrected chi connectivity index (χ3v) is 11.6. The molecule has 0 radical (unpaired) electrons. The molecule has 0 unspecified atom stereocenters. The van der Waals surface area contributed by atoms with Gasteiger partial charge in [0.05, 0.1) is 0 Å². The highest BCUT2D eigenvalue weighted by Gasteiger charge is 2.17. The first-order valence-corrected chi connectivity index (χ1v) is 18.2. The summed E-state index contributed by atoms with van der Waals surface area (Å²) in [5, 5.41) is 5.17. The monoisotopic (exact) mass is 673 g/mol. The van der Waals surface area contributed by atoms with Crippen LogP contribution in [0.25, 0.3) is 96.8 Å². The molecule has 50 heavy (non-hydrogen) atoms. The molecule has 3 heterocycles. The van der Waals surface area contributed by atoms with Crippen molar-refractivity contribution < 1.29 is 0 Å². The molecule has 7 aromatic carbocycles. The number of thiophene rings is 2. The van der Waals surface area contributed by atoms with Crippen molar-refractivity contribution in [2.45, 2.75) is 0 Å². The number of rotatable bonds is 5. The van der Waals surface area contributed by atoms with Crippen LogP contribution in [-0.2, 0) is 0 Å². The summed E-state index contributed by atoms with van der Waals surface area (Å²) >= 11 is 3.69. The molecule has 234 valence electrons. The molecule has 0 amide bonds. The van der Waals surface area contributed by atoms with Crippen molar-refractivity contribution in [1.82, 2.24) is 15.0 Å². The summed E-state index contributed by atoms with van der Waals surface area (Å²) in [5.74, 6) is 1.95. The van der Waals surface area contributed by atoms with E-state index in [4.69, 9.17) is 15.0 Å². The van der Waals surface area contributed by atoms with Gasteiger partial charge in [-0.1, -0.05) is 127 Å². The van der Waals surface area contributed by atoms with Gasteiger partial charge < -0.3 is 0 Å². The van der Waals surface area contributed by atoms with Gasteiger partial charge in [-0.3, -0.25) is 0 Å². The zero-order valence-electron chi connectivity index (χ0n) is 26.7. The predicted octanol–water partition coefficient (Wildman–Crippen LogP) is 12.9. The van der Waals surface area contributed by atoms with Gasteiger partial charge in [0.15, 0.2) is 17.5 Å². The summed E-state index contributed by atoms with van der Waals surface area (Å²) in [6.45, 7) is 0. The van der Waals surface area contributed by atoms with Crippen LogP contribution in [0.5, 0.6) is 0 Å². The van der Waals surface area contributed by atoms with Crippen molar-refractivity contribution in [1.29, 1.82) is 0 Å². The smallest absolute Gasteiger partial charge is 0.164 e. The van der Waals surface area contributed by atoms with E-state index >= 15 is 0 Å². The minimum absolute atomic E-state index is 0.646. The molecule has 0 fully saturated rings. The molecular formula is C45H27N3S2. The van der Waals surface area contributed by atoms with Crippen LogP contribution in [0.2, 0.25) is 0 Å². The van der Waals surface area contributed by atoms with Crippen LogP contribution >= 0.6 is 22.7 Å². The topological polar surface area (TPSA) is 38.7 Å². The zero-order valence-corrected chi connectivity index (χ0v) is 28.4. The van der Waals surface area contributed by atoms with Gasteiger partial charge in [-0.05, 0) is 58.7 Å². The van der Waals surface area contributed by atoms with Crippen LogP contribution in [0.3, 0.4) is 0 Å². The van der Waals surface area contributed by atoms with Gasteiger partial charge in [0.1, 0.15) is 0 Å². The molecule has 0 saturated heterocycles. The Balaban J connectivity index is 1.20. The molecule has 10 rings (SSSR count). The summed E-state index contributed by atoms with van der Waals surface area (Å²) in [5.41, 5.74) is 7.52. The van der Waals surface area contributed by atoms with E-state index in [-0.39, 0.29) is 0 Å². The Labute approximate surface area is 296 Å². The maximum atomic E-state index is 5.06. The lowest BCUT2D eigenvalue weighted by Crippen LogP contribution is -2.00. The average molecular weight is 674 g/mol. The Bertz CT molecular complexity index is 2810. The lowest BCUT2D eigenvalue weighted by atomic mass is 9.91. The van der Waals surface area contributed by atoms with Crippen molar-refractivity contribution in [3.63, 3.8) is 0 Å². The number of aromatic nitrogens is 3. The van der Waals surface area contributed by atoms with Crippen molar-refractivity contribution in [2.75, 3.05) is 0 Å². The molecule has 10 aromatic rings. The highest BCUT2D eigenvalue weighted by Crippen LogP contribution is 2.42. The summed E-state index contributed by atoms with van der Waals surface area (Å²) in [4.78, 5) is 15.1. The summed E-state index contributed by atoms with van der Waals surface area (Å²) < 4.78 is 5.18. The van der Waals surface area contributed by atoms with Crippen LogP contribution in [0.4, 0.5) is 0 Å². The van der Waals surface area contributed by atoms with Gasteiger partial charge in [-0.15, -0.1) is 22.7 Å². The zero-order chi connectivity index (χ0) is 33.0. The molecule has 0 atom stereocenters. The number of hydrogen-bond acceptors (Lipinski definition) is 5. The SMILES string of the molecule is c1ccc(-c2nc(-c3ccccc3)nc(-c3ccc(-c4ccc5sc6ccccc6c5c4)c(-c4ccc5c(c4)sc4ccccc45)c3)n2)cc1. The molecule has 5 heteroatoms. The highest BCUT2D eigenvalue weighted by molar-refractivity contribution is 7.26. The van der Waals surface area contributed by atoms with Crippen LogP contribution in [0.1, 0.15) is 0 Å². The van der Waals surface area contributed by atoms with Gasteiger partial charge in [-0.2, -0.15) is 0 Å². The summed E-state index contributed by atoms with van der Waals surface area (Å²) in [7, 11) is 0. The van der Waals surface area contributed by atoms with Crippen molar-refractivity contribution in [2.24, 2.45) is 0 Å². The van der Waals surface area contributed by atoms with Crippen LogP contribution in [-0.4, -0.2) is 15.0 Å². The lowest BCUT2D eigenvalue weighted by molar-refractivity contribution is 1.07. The minimum Gasteiger partial charge on any atom is -0.208 e. The van der Waals surface area contributed by atoms with Gasteiger partial charge in [0, 0.05) is 57.0 Å². The van der Waals surface area contributed by atoms with E-state index in [0.717, 1.165) is 27.8 Å². The first kappa shape index (κ1) is 29.0. The van der Waals surface area contributed by atoms with E-state index in [0.29, 0.717) is 17.5 Å². The van der Waals surface area contributed by atoms with E-state index in [1.165, 1.54) is 51.5 Å². The molecule has 3 aromatic heterocycles. The van der Waals surface area contributed by atoms with Crippen molar-refractivity contribution in [3.05, 3.63) is 164 Å². The predicted molar refractivity (Wildman–Crippen MR) is 213 cm³/mol. The number of fused-ring (bicyclic) bond motifs is 6. The third-order valence-electron chi connectivity index (χ3n) is 9.35. The maximum Gasteiger partial charge on any atom is 0.164 e. The molecule has 0 spiro atoms. The van der Waals surface area contributed by atoms with Crippen molar-refractivity contribution >= 4 is 63.0 Å². The van der Waals surface area contributed by atoms with E-state index in [1.807, 2.05) is 83.3 Å². The molecule has 0 N–H and O–H groups in total. The second-order valence-corrected chi connectivity index (χ2v) is 14.6. The summed E-state index contributed by atoms with van der Waals surface area (Å²) in [6.07, 6.45) is 0. The normalized spacial score (nSPS) is 11.6. The standard InChI is InChI=1S/C45H27N3S2/c1-3-11-28(12-4-1)43-46-44(29-13-5-2-6-14-29)48-45(47-43)32-20-22-33(30-21-24-41-38(25-30)35-16-8-10-18-40(35)49-41)37(26-32)31-19-23-36-34-15-7-9-17-39(34)50-42(36)27-31/h1-27H. The van der Waals surface area contributed by atoms with Gasteiger partial charge in [0.25, 0.3) is 0 Å². The molecule has 0 aliphatic rings. The maximum absolute atomic E-state index is 5.06. The third kappa shape index (κ3) is 4.98. The Morgan fingerprint density at radius 1 is 0.280 bits per heavy atom. The van der Waals surface area contributed by atoms with Gasteiger partial charge in [0.2, 0.25) is 0 Å². The second-order valence-electron chi connectivity index (χ2n) is 12.4. The number of hydrogen-bond donors (Lipinski definition) is 0. The first-order valence-electron chi connectivity index (χ1n) is 16.6. The van der Waals surface area contributed by atoms with E-state index in [9.17, 15) is 0 Å². The molecule has 0 bridgehead atoms. The van der Waals surface area contributed by atoms with Gasteiger partial charge in [-0.25, -0.2) is 15.0 Å². The summed E-state index contributed by atoms with van der Waals surface area (Å²) in [6, 6.07) is 58.1. The van der Waals surface area contributed by atoms with E-state index in [1.54, 1.807) is 0 Å². The Morgan fingerprint density at radius 3 is 1.44 bits per heavy atom. The Morgan fingerprint density at radius 2 is 0.760 bits per heavy atom. The quantitative estimate of drug-likeness (QED) is 0.182. The van der Waals surface area contributed by atoms with Gasteiger partial charge >= 0.3 is 0 Å². The average Bonchev–Trinajstić information content (AvgIpc) is 3.76. The lowest BCUT2D eigenvalue weighted by Gasteiger charge is -2.14. The fourth-order valence-corrected chi connectivity index (χ4v) is 9.13. The Hall–Kier alpha value is -6.01. The fraction of sp³-hybridized carbons (Fsp3) is 0. The molecule has 0 aliphatic heterocycles. The molecule has 0 aliphatic carbocycles. The largest absolute Gasteiger partial charge is 0.208 e. The first-order chi connectivity index (χ1) is 24.7. The van der Waals surface area contributed by atoms with E-state index in [2.05, 4.69) is 103 Å². The van der Waals surface area contributed by atoms with Crippen molar-refractivity contribution in [3.8, 4) is 56.4 Å². The molecular weight excluding hydrogens is 647 g/mol. The molecule has 3 nitrogen and oxygen atoms in total. The number of benzene rings is 7. The second kappa shape index (κ2) is 11.8. The number of nitrogens with zero attached hydrogens (tertiary/aromatic N) is 3. The minimum atomic E-state index is 0.646. The highest BCUT2D eigenvalue weighted by atomic mass is 32.1. The Kier molecular flexibility index (Phi) is 6.86. The van der Waals surface area contributed by atoms with E-state index < -0.39 is 0 Å². The van der Waals surface area contributed by atoms with Crippen LogP contribution in [0.15, 0.2) is 164 Å². The van der Waals surface area contributed by atoms with Crippen LogP contribution in [0, 0.1) is 0 Å².